The zero-order chi connectivity index (χ0) is 14.7. The molecule has 0 radical (unpaired) electrons. The highest BCUT2D eigenvalue weighted by Crippen LogP contribution is 2.31. The maximum absolute atomic E-state index is 5.69. The minimum absolute atomic E-state index is 0.319. The fraction of sp³-hybridized carbons (Fsp3) is 0.500. The Hall–Kier alpha value is -1.88. The van der Waals surface area contributed by atoms with Gasteiger partial charge in [0.2, 0.25) is 0 Å². The Morgan fingerprint density at radius 2 is 2.24 bits per heavy atom. The number of nitrogens with zero attached hydrogens (tertiary/aromatic N) is 3. The van der Waals surface area contributed by atoms with Crippen molar-refractivity contribution in [3.8, 4) is 5.75 Å². The number of nitrogens with one attached hydrogen (secondary N) is 1. The summed E-state index contributed by atoms with van der Waals surface area (Å²) in [5.41, 5.74) is 1.23. The predicted molar refractivity (Wildman–Crippen MR) is 81.0 cm³/mol. The first-order chi connectivity index (χ1) is 10.2. The van der Waals surface area contributed by atoms with Crippen LogP contribution in [0.4, 0.5) is 0 Å². The largest absolute Gasteiger partial charge is 0.493 e. The van der Waals surface area contributed by atoms with Crippen molar-refractivity contribution in [2.45, 2.75) is 39.4 Å². The molecular weight excluding hydrogens is 264 g/mol. The second-order valence-electron chi connectivity index (χ2n) is 5.86. The van der Waals surface area contributed by atoms with Crippen LogP contribution in [0.3, 0.4) is 0 Å². The number of hydrogen-bond acceptors (Lipinski definition) is 4. The summed E-state index contributed by atoms with van der Waals surface area (Å²) in [6.07, 6.45) is 2.62. The van der Waals surface area contributed by atoms with Crippen LogP contribution in [-0.4, -0.2) is 21.4 Å². The Morgan fingerprint density at radius 3 is 3.10 bits per heavy atom. The Morgan fingerprint density at radius 1 is 1.38 bits per heavy atom. The van der Waals surface area contributed by atoms with E-state index in [1.165, 1.54) is 5.56 Å². The van der Waals surface area contributed by atoms with Crippen molar-refractivity contribution in [1.29, 1.82) is 0 Å². The van der Waals surface area contributed by atoms with E-state index >= 15 is 0 Å². The molecule has 112 valence electrons. The number of fused-ring (bicyclic) bond motifs is 1. The molecule has 0 spiro atoms. The average Bonchev–Trinajstić information content (AvgIpc) is 2.91. The Balaban J connectivity index is 1.68. The van der Waals surface area contributed by atoms with E-state index < -0.39 is 0 Å². The standard InChI is InChI=1S/C16H22N4O/c1-12(2)10-20-16(18-11-19-20)9-17-14-7-8-21-15-6-4-3-5-13(14)15/h3-6,11-12,14,17H,7-10H2,1-2H3. The van der Waals surface area contributed by atoms with Crippen molar-refractivity contribution in [3.63, 3.8) is 0 Å². The van der Waals surface area contributed by atoms with Gasteiger partial charge in [0, 0.05) is 24.6 Å². The normalized spacial score (nSPS) is 17.6. The van der Waals surface area contributed by atoms with Crippen LogP contribution in [0.5, 0.6) is 5.75 Å². The topological polar surface area (TPSA) is 52.0 Å². The van der Waals surface area contributed by atoms with E-state index in [4.69, 9.17) is 4.74 Å². The van der Waals surface area contributed by atoms with Crippen molar-refractivity contribution in [2.75, 3.05) is 6.61 Å². The van der Waals surface area contributed by atoms with Gasteiger partial charge >= 0.3 is 0 Å². The van der Waals surface area contributed by atoms with Gasteiger partial charge in [0.25, 0.3) is 0 Å². The maximum atomic E-state index is 5.69. The maximum Gasteiger partial charge on any atom is 0.140 e. The summed E-state index contributed by atoms with van der Waals surface area (Å²) in [6, 6.07) is 8.55. The van der Waals surface area contributed by atoms with Gasteiger partial charge in [0.15, 0.2) is 0 Å². The molecule has 5 nitrogen and oxygen atoms in total. The molecule has 1 aromatic carbocycles. The molecule has 5 heteroatoms. The van der Waals surface area contributed by atoms with E-state index in [9.17, 15) is 0 Å². The fourth-order valence-corrected chi connectivity index (χ4v) is 2.69. The van der Waals surface area contributed by atoms with Crippen molar-refractivity contribution in [2.24, 2.45) is 5.92 Å². The van der Waals surface area contributed by atoms with Gasteiger partial charge in [-0.2, -0.15) is 5.10 Å². The third-order valence-electron chi connectivity index (χ3n) is 3.70. The number of aromatic nitrogens is 3. The SMILES string of the molecule is CC(C)Cn1ncnc1CNC1CCOc2ccccc21. The molecule has 1 unspecified atom stereocenters. The lowest BCUT2D eigenvalue weighted by atomic mass is 10.0. The van der Waals surface area contributed by atoms with Gasteiger partial charge in [-0.25, -0.2) is 9.67 Å². The molecule has 1 N–H and O–H groups in total. The van der Waals surface area contributed by atoms with Crippen LogP contribution in [0.25, 0.3) is 0 Å². The van der Waals surface area contributed by atoms with Crippen molar-refractivity contribution in [1.82, 2.24) is 20.1 Å². The molecule has 21 heavy (non-hydrogen) atoms. The van der Waals surface area contributed by atoms with Crippen LogP contribution in [0, 0.1) is 5.92 Å². The Labute approximate surface area is 125 Å². The highest BCUT2D eigenvalue weighted by Gasteiger charge is 2.21. The summed E-state index contributed by atoms with van der Waals surface area (Å²) in [5.74, 6) is 2.55. The third-order valence-corrected chi connectivity index (χ3v) is 3.70. The molecule has 1 atom stereocenters. The van der Waals surface area contributed by atoms with Crippen molar-refractivity contribution < 1.29 is 4.74 Å². The molecule has 0 saturated carbocycles. The molecule has 1 aliphatic heterocycles. The summed E-state index contributed by atoms with van der Waals surface area (Å²) in [4.78, 5) is 4.37. The molecule has 1 aromatic heterocycles. The minimum Gasteiger partial charge on any atom is -0.493 e. The lowest BCUT2D eigenvalue weighted by molar-refractivity contribution is 0.251. The highest BCUT2D eigenvalue weighted by atomic mass is 16.5. The number of rotatable bonds is 5. The van der Waals surface area contributed by atoms with E-state index in [-0.39, 0.29) is 0 Å². The molecule has 0 aliphatic carbocycles. The summed E-state index contributed by atoms with van der Waals surface area (Å²) in [7, 11) is 0. The first-order valence-electron chi connectivity index (χ1n) is 7.56. The first-order valence-corrected chi connectivity index (χ1v) is 7.56. The summed E-state index contributed by atoms with van der Waals surface area (Å²) >= 11 is 0. The third kappa shape index (κ3) is 3.24. The molecule has 0 saturated heterocycles. The van der Waals surface area contributed by atoms with E-state index in [1.54, 1.807) is 6.33 Å². The highest BCUT2D eigenvalue weighted by molar-refractivity contribution is 5.37. The Kier molecular flexibility index (Phi) is 4.20. The van der Waals surface area contributed by atoms with Crippen LogP contribution in [0.1, 0.15) is 37.7 Å². The first kappa shape index (κ1) is 14.1. The Bertz CT molecular complexity index is 593. The van der Waals surface area contributed by atoms with Crippen molar-refractivity contribution in [3.05, 3.63) is 42.0 Å². The minimum atomic E-state index is 0.319. The second-order valence-corrected chi connectivity index (χ2v) is 5.86. The van der Waals surface area contributed by atoms with Gasteiger partial charge < -0.3 is 10.1 Å². The fourth-order valence-electron chi connectivity index (χ4n) is 2.69. The van der Waals surface area contributed by atoms with Crippen molar-refractivity contribution >= 4 is 0 Å². The van der Waals surface area contributed by atoms with Gasteiger partial charge in [-0.15, -0.1) is 0 Å². The summed E-state index contributed by atoms with van der Waals surface area (Å²) < 4.78 is 7.68. The van der Waals surface area contributed by atoms with Gasteiger partial charge in [0.1, 0.15) is 17.9 Å². The van der Waals surface area contributed by atoms with Crippen LogP contribution >= 0.6 is 0 Å². The smallest absolute Gasteiger partial charge is 0.140 e. The molecule has 3 rings (SSSR count). The molecular formula is C16H22N4O. The lowest BCUT2D eigenvalue weighted by Crippen LogP contribution is -2.28. The number of para-hydroxylation sites is 1. The molecule has 2 heterocycles. The quantitative estimate of drug-likeness (QED) is 0.917. The zero-order valence-corrected chi connectivity index (χ0v) is 12.6. The average molecular weight is 286 g/mol. The van der Waals surface area contributed by atoms with E-state index in [2.05, 4.69) is 41.4 Å². The van der Waals surface area contributed by atoms with Crippen LogP contribution < -0.4 is 10.1 Å². The summed E-state index contributed by atoms with van der Waals surface area (Å²) in [5, 5.41) is 7.90. The number of hydrogen-bond donors (Lipinski definition) is 1. The van der Waals surface area contributed by atoms with Gasteiger partial charge in [-0.1, -0.05) is 32.0 Å². The number of ether oxygens (including phenoxy) is 1. The molecule has 0 fully saturated rings. The number of benzene rings is 1. The van der Waals surface area contributed by atoms with Gasteiger partial charge in [0.05, 0.1) is 13.2 Å². The second kappa shape index (κ2) is 6.26. The van der Waals surface area contributed by atoms with E-state index in [0.29, 0.717) is 12.0 Å². The molecule has 0 bridgehead atoms. The predicted octanol–water partition coefficient (Wildman–Crippen LogP) is 2.55. The van der Waals surface area contributed by atoms with Crippen LogP contribution in [-0.2, 0) is 13.1 Å². The van der Waals surface area contributed by atoms with E-state index in [1.807, 2.05) is 16.8 Å². The zero-order valence-electron chi connectivity index (χ0n) is 12.6. The lowest BCUT2D eigenvalue weighted by Gasteiger charge is -2.26. The monoisotopic (exact) mass is 286 g/mol. The van der Waals surface area contributed by atoms with E-state index in [0.717, 1.165) is 37.7 Å². The van der Waals surface area contributed by atoms with Gasteiger partial charge in [-0.3, -0.25) is 0 Å². The van der Waals surface area contributed by atoms with Gasteiger partial charge in [-0.05, 0) is 12.0 Å². The molecule has 0 amide bonds. The van der Waals surface area contributed by atoms with Crippen LogP contribution in [0.2, 0.25) is 0 Å². The molecule has 2 aromatic rings. The molecule has 1 aliphatic rings. The summed E-state index contributed by atoms with van der Waals surface area (Å²) in [6.45, 7) is 6.77. The van der Waals surface area contributed by atoms with Crippen LogP contribution in [0.15, 0.2) is 30.6 Å².